The minimum atomic E-state index is 0.734. The molecule has 2 aromatic carbocycles. The summed E-state index contributed by atoms with van der Waals surface area (Å²) in [6.07, 6.45) is 1.81. The Hall–Kier alpha value is -1.65. The Morgan fingerprint density at radius 3 is 2.48 bits per heavy atom. The lowest BCUT2D eigenvalue weighted by atomic mass is 10.2. The zero-order valence-electron chi connectivity index (χ0n) is 12.3. The van der Waals surface area contributed by atoms with Crippen molar-refractivity contribution in [1.82, 2.24) is 4.31 Å². The monoisotopic (exact) mass is 319 g/mol. The zero-order valence-corrected chi connectivity index (χ0v) is 13.9. The van der Waals surface area contributed by atoms with Crippen molar-refractivity contribution in [1.29, 1.82) is 0 Å². The van der Waals surface area contributed by atoms with E-state index in [-0.39, 0.29) is 0 Å². The molecule has 0 saturated carbocycles. The first kappa shape index (κ1) is 15.7. The molecule has 110 valence electrons. The van der Waals surface area contributed by atoms with E-state index in [0.29, 0.717) is 0 Å². The average molecular weight is 320 g/mol. The standard InChI is InChI=1S/C16H18ClN3S/c1-13-11-14(17)9-10-16(13)18-12-19(2)21-20(3)15-7-5-4-6-8-15/h4-12H,1-3H3/b18-12+. The van der Waals surface area contributed by atoms with Crippen molar-refractivity contribution in [3.8, 4) is 0 Å². The molecule has 0 spiro atoms. The molecule has 0 radical (unpaired) electrons. The minimum absolute atomic E-state index is 0.734. The van der Waals surface area contributed by atoms with E-state index in [1.807, 2.05) is 61.7 Å². The van der Waals surface area contributed by atoms with E-state index in [1.54, 1.807) is 18.5 Å². The lowest BCUT2D eigenvalue weighted by molar-refractivity contribution is 0.866. The summed E-state index contributed by atoms with van der Waals surface area (Å²) in [6, 6.07) is 15.9. The van der Waals surface area contributed by atoms with E-state index in [4.69, 9.17) is 11.6 Å². The Labute approximate surface area is 135 Å². The normalized spacial score (nSPS) is 10.9. The quantitative estimate of drug-likeness (QED) is 0.442. The van der Waals surface area contributed by atoms with Crippen molar-refractivity contribution in [3.63, 3.8) is 0 Å². The van der Waals surface area contributed by atoms with Gasteiger partial charge < -0.3 is 4.31 Å². The molecule has 2 rings (SSSR count). The van der Waals surface area contributed by atoms with Crippen LogP contribution in [-0.4, -0.2) is 24.7 Å². The van der Waals surface area contributed by atoms with Gasteiger partial charge in [-0.3, -0.25) is 4.31 Å². The Bertz CT molecular complexity index is 616. The topological polar surface area (TPSA) is 18.8 Å². The highest BCUT2D eigenvalue weighted by atomic mass is 35.5. The number of para-hydroxylation sites is 1. The summed E-state index contributed by atoms with van der Waals surface area (Å²) in [5, 5.41) is 0.734. The third-order valence-electron chi connectivity index (χ3n) is 2.89. The van der Waals surface area contributed by atoms with Crippen LogP contribution in [0.2, 0.25) is 5.02 Å². The fourth-order valence-corrected chi connectivity index (χ4v) is 2.72. The van der Waals surface area contributed by atoms with Gasteiger partial charge in [0.05, 0.1) is 17.8 Å². The van der Waals surface area contributed by atoms with E-state index in [2.05, 4.69) is 21.4 Å². The molecule has 21 heavy (non-hydrogen) atoms. The maximum atomic E-state index is 5.94. The Balaban J connectivity index is 1.98. The summed E-state index contributed by atoms with van der Waals surface area (Å²) in [6.45, 7) is 2.00. The summed E-state index contributed by atoms with van der Waals surface area (Å²) in [7, 11) is 4.00. The number of nitrogens with zero attached hydrogens (tertiary/aromatic N) is 3. The molecule has 5 heteroatoms. The summed E-state index contributed by atoms with van der Waals surface area (Å²) < 4.78 is 4.04. The average Bonchev–Trinajstić information content (AvgIpc) is 2.47. The van der Waals surface area contributed by atoms with Crippen molar-refractivity contribution in [3.05, 3.63) is 59.1 Å². The lowest BCUT2D eigenvalue weighted by Crippen LogP contribution is -2.17. The molecule has 0 aliphatic rings. The van der Waals surface area contributed by atoms with Gasteiger partial charge in [-0.05, 0) is 42.8 Å². The maximum absolute atomic E-state index is 5.94. The number of aryl methyl sites for hydroxylation is 1. The fraction of sp³-hybridized carbons (Fsp3) is 0.188. The highest BCUT2D eigenvalue weighted by molar-refractivity contribution is 7.98. The van der Waals surface area contributed by atoms with E-state index in [9.17, 15) is 0 Å². The second kappa shape index (κ2) is 7.38. The summed E-state index contributed by atoms with van der Waals surface area (Å²) in [4.78, 5) is 4.49. The zero-order chi connectivity index (χ0) is 15.2. The number of rotatable bonds is 5. The van der Waals surface area contributed by atoms with Crippen LogP contribution in [0.15, 0.2) is 53.5 Å². The van der Waals surface area contributed by atoms with Crippen molar-refractivity contribution >= 4 is 41.4 Å². The van der Waals surface area contributed by atoms with Gasteiger partial charge in [-0.15, -0.1) is 0 Å². The van der Waals surface area contributed by atoms with Crippen molar-refractivity contribution in [2.75, 3.05) is 18.4 Å². The highest BCUT2D eigenvalue weighted by Crippen LogP contribution is 2.24. The van der Waals surface area contributed by atoms with Crippen molar-refractivity contribution < 1.29 is 0 Å². The highest BCUT2D eigenvalue weighted by Gasteiger charge is 2.03. The minimum Gasteiger partial charge on any atom is -0.302 e. The van der Waals surface area contributed by atoms with Crippen LogP contribution in [0.25, 0.3) is 0 Å². The van der Waals surface area contributed by atoms with Crippen LogP contribution in [-0.2, 0) is 0 Å². The number of aliphatic imine (C=N–C) groups is 1. The first-order valence-corrected chi connectivity index (χ1v) is 7.67. The van der Waals surface area contributed by atoms with Crippen LogP contribution in [0.3, 0.4) is 0 Å². The number of benzene rings is 2. The predicted octanol–water partition coefficient (Wildman–Crippen LogP) is 4.94. The second-order valence-corrected chi connectivity index (χ2v) is 6.36. The van der Waals surface area contributed by atoms with Gasteiger partial charge in [-0.25, -0.2) is 4.99 Å². The molecule has 0 heterocycles. The molecule has 0 amide bonds. The van der Waals surface area contributed by atoms with Gasteiger partial charge >= 0.3 is 0 Å². The van der Waals surface area contributed by atoms with E-state index in [0.717, 1.165) is 22.0 Å². The number of anilines is 1. The first-order chi connectivity index (χ1) is 10.1. The third kappa shape index (κ3) is 4.69. The fourth-order valence-electron chi connectivity index (χ4n) is 1.81. The number of hydrogen-bond donors (Lipinski definition) is 0. The largest absolute Gasteiger partial charge is 0.302 e. The molecule has 0 saturated heterocycles. The molecule has 0 N–H and O–H groups in total. The van der Waals surface area contributed by atoms with Crippen LogP contribution in [0.5, 0.6) is 0 Å². The van der Waals surface area contributed by atoms with Gasteiger partial charge in [0.15, 0.2) is 0 Å². The molecular formula is C16H18ClN3S. The predicted molar refractivity (Wildman–Crippen MR) is 94.5 cm³/mol. The molecule has 0 aromatic heterocycles. The molecule has 0 aliphatic heterocycles. The summed E-state index contributed by atoms with van der Waals surface area (Å²) in [5.74, 6) is 0. The van der Waals surface area contributed by atoms with Crippen molar-refractivity contribution in [2.24, 2.45) is 4.99 Å². The summed E-state index contributed by atoms with van der Waals surface area (Å²) >= 11 is 7.52. The smallest absolute Gasteiger partial charge is 0.102 e. The van der Waals surface area contributed by atoms with Gasteiger partial charge in [-0.2, -0.15) is 0 Å². The molecule has 0 aliphatic carbocycles. The number of halogens is 1. The first-order valence-electron chi connectivity index (χ1n) is 6.56. The Morgan fingerprint density at radius 2 is 1.81 bits per heavy atom. The third-order valence-corrected chi connectivity index (χ3v) is 3.93. The SMILES string of the molecule is Cc1cc(Cl)ccc1/N=C/N(C)SN(C)c1ccccc1. The van der Waals surface area contributed by atoms with Crippen LogP contribution < -0.4 is 4.31 Å². The van der Waals surface area contributed by atoms with Crippen LogP contribution in [0.1, 0.15) is 5.56 Å². The van der Waals surface area contributed by atoms with Gasteiger partial charge in [-0.1, -0.05) is 29.8 Å². The second-order valence-electron chi connectivity index (χ2n) is 4.64. The van der Waals surface area contributed by atoms with Crippen LogP contribution in [0, 0.1) is 6.92 Å². The van der Waals surface area contributed by atoms with E-state index < -0.39 is 0 Å². The molecule has 0 atom stereocenters. The molecule has 3 nitrogen and oxygen atoms in total. The summed E-state index contributed by atoms with van der Waals surface area (Å²) in [5.41, 5.74) is 3.13. The van der Waals surface area contributed by atoms with Gasteiger partial charge in [0, 0.05) is 24.8 Å². The number of hydrogen-bond acceptors (Lipinski definition) is 3. The van der Waals surface area contributed by atoms with E-state index >= 15 is 0 Å². The maximum Gasteiger partial charge on any atom is 0.102 e. The Kier molecular flexibility index (Phi) is 5.53. The Morgan fingerprint density at radius 1 is 1.10 bits per heavy atom. The van der Waals surface area contributed by atoms with Gasteiger partial charge in [0.2, 0.25) is 0 Å². The lowest BCUT2D eigenvalue weighted by Gasteiger charge is -2.22. The molecular weight excluding hydrogens is 302 g/mol. The molecule has 2 aromatic rings. The van der Waals surface area contributed by atoms with E-state index in [1.165, 1.54) is 0 Å². The molecule has 0 unspecified atom stereocenters. The van der Waals surface area contributed by atoms with Crippen LogP contribution >= 0.6 is 23.7 Å². The van der Waals surface area contributed by atoms with Gasteiger partial charge in [0.25, 0.3) is 0 Å². The molecule has 0 bridgehead atoms. The molecule has 0 fully saturated rings. The van der Waals surface area contributed by atoms with Crippen molar-refractivity contribution in [2.45, 2.75) is 6.92 Å². The van der Waals surface area contributed by atoms with Gasteiger partial charge in [0.1, 0.15) is 6.34 Å². The van der Waals surface area contributed by atoms with Crippen LogP contribution in [0.4, 0.5) is 11.4 Å².